The maximum absolute atomic E-state index is 11.9. The third-order valence-electron chi connectivity index (χ3n) is 4.59. The van der Waals surface area contributed by atoms with Crippen LogP contribution >= 0.6 is 0 Å². The monoisotopic (exact) mass is 258 g/mol. The Hall–Kier alpha value is -1.35. The standard InChI is InChI=1S/C16H22N2O/c17-11-16(7-8-16)15(19)18-9-6-12-4-5-13-2-1-3-14(13)10-12/h4-5,10H,1-3,6-9,11,17H2,(H,18,19). The van der Waals surface area contributed by atoms with E-state index in [1.807, 2.05) is 0 Å². The highest BCUT2D eigenvalue weighted by Gasteiger charge is 2.48. The number of nitrogens with two attached hydrogens (primary N) is 1. The van der Waals surface area contributed by atoms with E-state index in [1.165, 1.54) is 36.0 Å². The van der Waals surface area contributed by atoms with E-state index in [1.54, 1.807) is 0 Å². The zero-order valence-electron chi connectivity index (χ0n) is 11.4. The average molecular weight is 258 g/mol. The molecule has 0 unspecified atom stereocenters. The van der Waals surface area contributed by atoms with Gasteiger partial charge in [-0.05, 0) is 55.2 Å². The lowest BCUT2D eigenvalue weighted by atomic mass is 10.0. The van der Waals surface area contributed by atoms with Crippen molar-refractivity contribution in [1.29, 1.82) is 0 Å². The first-order chi connectivity index (χ1) is 9.23. The van der Waals surface area contributed by atoms with Crippen molar-refractivity contribution in [3.63, 3.8) is 0 Å². The number of carbonyl (C=O) groups is 1. The third-order valence-corrected chi connectivity index (χ3v) is 4.59. The van der Waals surface area contributed by atoms with Crippen LogP contribution in [0.1, 0.15) is 36.0 Å². The maximum Gasteiger partial charge on any atom is 0.227 e. The van der Waals surface area contributed by atoms with Crippen LogP contribution in [0.4, 0.5) is 0 Å². The second-order valence-corrected chi connectivity index (χ2v) is 5.95. The van der Waals surface area contributed by atoms with Crippen LogP contribution in [0.15, 0.2) is 18.2 Å². The van der Waals surface area contributed by atoms with Crippen LogP contribution in [0.25, 0.3) is 0 Å². The Bertz CT molecular complexity index is 492. The summed E-state index contributed by atoms with van der Waals surface area (Å²) < 4.78 is 0. The summed E-state index contributed by atoms with van der Waals surface area (Å²) in [6, 6.07) is 6.76. The molecule has 2 aliphatic carbocycles. The lowest BCUT2D eigenvalue weighted by Crippen LogP contribution is -2.37. The fourth-order valence-corrected chi connectivity index (χ4v) is 2.96. The molecule has 0 heterocycles. The summed E-state index contributed by atoms with van der Waals surface area (Å²) in [4.78, 5) is 11.9. The van der Waals surface area contributed by atoms with E-state index in [9.17, 15) is 4.79 Å². The van der Waals surface area contributed by atoms with Crippen molar-refractivity contribution in [1.82, 2.24) is 5.32 Å². The van der Waals surface area contributed by atoms with E-state index in [0.717, 1.165) is 25.8 Å². The van der Waals surface area contributed by atoms with E-state index in [-0.39, 0.29) is 11.3 Å². The number of carbonyl (C=O) groups excluding carboxylic acids is 1. The van der Waals surface area contributed by atoms with Crippen LogP contribution in [0.2, 0.25) is 0 Å². The highest BCUT2D eigenvalue weighted by Crippen LogP contribution is 2.44. The number of hydrogen-bond acceptors (Lipinski definition) is 2. The van der Waals surface area contributed by atoms with Crippen molar-refractivity contribution in [2.24, 2.45) is 11.1 Å². The lowest BCUT2D eigenvalue weighted by molar-refractivity contribution is -0.125. The first kappa shape index (κ1) is 12.7. The molecule has 2 aliphatic rings. The second kappa shape index (κ2) is 4.97. The van der Waals surface area contributed by atoms with Gasteiger partial charge in [-0.1, -0.05) is 18.2 Å². The minimum atomic E-state index is -0.224. The van der Waals surface area contributed by atoms with Gasteiger partial charge in [0.15, 0.2) is 0 Å². The number of fused-ring (bicyclic) bond motifs is 1. The molecule has 0 aromatic heterocycles. The zero-order chi connectivity index (χ0) is 13.3. The molecule has 0 aliphatic heterocycles. The highest BCUT2D eigenvalue weighted by molar-refractivity contribution is 5.85. The Morgan fingerprint density at radius 2 is 2.05 bits per heavy atom. The number of nitrogens with one attached hydrogen (secondary N) is 1. The number of rotatable bonds is 5. The van der Waals surface area contributed by atoms with Crippen LogP contribution in [0, 0.1) is 5.41 Å². The third kappa shape index (κ3) is 2.52. The van der Waals surface area contributed by atoms with Gasteiger partial charge in [0, 0.05) is 13.1 Å². The predicted octanol–water partition coefficient (Wildman–Crippen LogP) is 1.57. The van der Waals surface area contributed by atoms with Gasteiger partial charge in [-0.2, -0.15) is 0 Å². The van der Waals surface area contributed by atoms with Gasteiger partial charge in [-0.15, -0.1) is 0 Å². The molecule has 1 saturated carbocycles. The summed E-state index contributed by atoms with van der Waals surface area (Å²) in [5.74, 6) is 0.149. The molecule has 1 fully saturated rings. The molecule has 1 amide bonds. The molecule has 1 aromatic carbocycles. The molecule has 0 saturated heterocycles. The molecule has 3 N–H and O–H groups in total. The summed E-state index contributed by atoms with van der Waals surface area (Å²) in [5.41, 5.74) is 9.77. The van der Waals surface area contributed by atoms with Gasteiger partial charge in [-0.25, -0.2) is 0 Å². The topological polar surface area (TPSA) is 55.1 Å². The van der Waals surface area contributed by atoms with Crippen LogP contribution < -0.4 is 11.1 Å². The summed E-state index contributed by atoms with van der Waals surface area (Å²) >= 11 is 0. The quantitative estimate of drug-likeness (QED) is 0.842. The molecule has 0 spiro atoms. The molecule has 102 valence electrons. The van der Waals surface area contributed by atoms with Gasteiger partial charge in [0.05, 0.1) is 5.41 Å². The largest absolute Gasteiger partial charge is 0.355 e. The normalized spacial score (nSPS) is 19.0. The predicted molar refractivity (Wildman–Crippen MR) is 75.9 cm³/mol. The van der Waals surface area contributed by atoms with Crippen molar-refractivity contribution >= 4 is 5.91 Å². The average Bonchev–Trinajstić information content (AvgIpc) is 3.10. The zero-order valence-corrected chi connectivity index (χ0v) is 11.4. The van der Waals surface area contributed by atoms with E-state index < -0.39 is 0 Å². The van der Waals surface area contributed by atoms with Crippen molar-refractivity contribution < 1.29 is 4.79 Å². The fraction of sp³-hybridized carbons (Fsp3) is 0.562. The van der Waals surface area contributed by atoms with Gasteiger partial charge in [0.1, 0.15) is 0 Å². The Labute approximate surface area is 114 Å². The Morgan fingerprint density at radius 1 is 1.26 bits per heavy atom. The maximum atomic E-state index is 11.9. The minimum Gasteiger partial charge on any atom is -0.355 e. The first-order valence-electron chi connectivity index (χ1n) is 7.33. The summed E-state index contributed by atoms with van der Waals surface area (Å²) in [7, 11) is 0. The van der Waals surface area contributed by atoms with E-state index >= 15 is 0 Å². The number of benzene rings is 1. The first-order valence-corrected chi connectivity index (χ1v) is 7.33. The molecular weight excluding hydrogens is 236 g/mol. The Balaban J connectivity index is 1.51. The molecule has 3 rings (SSSR count). The van der Waals surface area contributed by atoms with Crippen LogP contribution in [0.3, 0.4) is 0 Å². The second-order valence-electron chi connectivity index (χ2n) is 5.95. The molecule has 19 heavy (non-hydrogen) atoms. The van der Waals surface area contributed by atoms with Crippen LogP contribution in [0.5, 0.6) is 0 Å². The number of amides is 1. The summed E-state index contributed by atoms with van der Waals surface area (Å²) in [5, 5.41) is 3.03. The molecule has 3 heteroatoms. The van der Waals surface area contributed by atoms with Crippen molar-refractivity contribution in [2.75, 3.05) is 13.1 Å². The van der Waals surface area contributed by atoms with Crippen LogP contribution in [-0.4, -0.2) is 19.0 Å². The SMILES string of the molecule is NCC1(C(=O)NCCc2ccc3c(c2)CCC3)CC1. The Kier molecular flexibility index (Phi) is 3.31. The van der Waals surface area contributed by atoms with Gasteiger partial charge >= 0.3 is 0 Å². The van der Waals surface area contributed by atoms with Crippen molar-refractivity contribution in [2.45, 2.75) is 38.5 Å². The van der Waals surface area contributed by atoms with Crippen molar-refractivity contribution in [3.05, 3.63) is 34.9 Å². The van der Waals surface area contributed by atoms with Gasteiger partial charge < -0.3 is 11.1 Å². The molecule has 0 atom stereocenters. The number of hydrogen-bond donors (Lipinski definition) is 2. The summed E-state index contributed by atoms with van der Waals surface area (Å²) in [6.07, 6.45) is 6.55. The highest BCUT2D eigenvalue weighted by atomic mass is 16.2. The van der Waals surface area contributed by atoms with Crippen molar-refractivity contribution in [3.8, 4) is 0 Å². The Morgan fingerprint density at radius 3 is 2.79 bits per heavy atom. The fourth-order valence-electron chi connectivity index (χ4n) is 2.96. The summed E-state index contributed by atoms with van der Waals surface area (Å²) in [6.45, 7) is 1.21. The lowest BCUT2D eigenvalue weighted by Gasteiger charge is -2.13. The van der Waals surface area contributed by atoms with E-state index in [2.05, 4.69) is 23.5 Å². The van der Waals surface area contributed by atoms with Gasteiger partial charge in [-0.3, -0.25) is 4.79 Å². The van der Waals surface area contributed by atoms with E-state index in [0.29, 0.717) is 6.54 Å². The number of aryl methyl sites for hydroxylation is 2. The van der Waals surface area contributed by atoms with Gasteiger partial charge in [0.25, 0.3) is 0 Å². The minimum absolute atomic E-state index is 0.149. The molecule has 0 bridgehead atoms. The smallest absolute Gasteiger partial charge is 0.227 e. The molecule has 1 aromatic rings. The molecule has 0 radical (unpaired) electrons. The van der Waals surface area contributed by atoms with Crippen LogP contribution in [-0.2, 0) is 24.1 Å². The molecule has 3 nitrogen and oxygen atoms in total. The van der Waals surface area contributed by atoms with E-state index in [4.69, 9.17) is 5.73 Å². The molecular formula is C16H22N2O. The van der Waals surface area contributed by atoms with Gasteiger partial charge in [0.2, 0.25) is 5.91 Å².